The van der Waals surface area contributed by atoms with E-state index in [2.05, 4.69) is 31.7 Å². The molecule has 168 valence electrons. The van der Waals surface area contributed by atoms with Crippen molar-refractivity contribution >= 4 is 11.7 Å². The Kier molecular flexibility index (Phi) is 6.74. The van der Waals surface area contributed by atoms with Gasteiger partial charge in [-0.3, -0.25) is 4.79 Å². The first kappa shape index (κ1) is 22.5. The molecule has 0 spiro atoms. The van der Waals surface area contributed by atoms with Crippen LogP contribution in [-0.4, -0.2) is 41.5 Å². The molecule has 1 aliphatic heterocycles. The van der Waals surface area contributed by atoms with Crippen molar-refractivity contribution in [3.05, 3.63) is 83.6 Å². The Hall–Kier alpha value is -3.65. The van der Waals surface area contributed by atoms with Gasteiger partial charge in [0.15, 0.2) is 0 Å². The minimum Gasteiger partial charge on any atom is -0.352 e. The molecule has 1 atom stereocenters. The summed E-state index contributed by atoms with van der Waals surface area (Å²) >= 11 is 0. The Labute approximate surface area is 196 Å². The third kappa shape index (κ3) is 4.90. The molecule has 4 rings (SSSR count). The van der Waals surface area contributed by atoms with Gasteiger partial charge in [-0.25, -0.2) is 4.98 Å². The first-order chi connectivity index (χ1) is 16.0. The van der Waals surface area contributed by atoms with Crippen LogP contribution >= 0.6 is 0 Å². The smallest absolute Gasteiger partial charge is 0.227 e. The number of benzene rings is 2. The third-order valence-electron chi connectivity index (χ3n) is 6.25. The van der Waals surface area contributed by atoms with Crippen LogP contribution < -0.4 is 4.90 Å². The maximum atomic E-state index is 13.0. The van der Waals surface area contributed by atoms with Crippen molar-refractivity contribution in [3.8, 4) is 17.2 Å². The lowest BCUT2D eigenvalue weighted by molar-refractivity contribution is -0.132. The number of hydrogen-bond donors (Lipinski definition) is 0. The second kappa shape index (κ2) is 9.87. The number of nitrogens with zero attached hydrogens (tertiary/aromatic N) is 4. The SMILES string of the molecule is CC(C)c1cc(-c2ccccc2)c(C#N)c(N2CCN(C(=O)Cc3ccccc3)[C@@H](C)C2)n1. The van der Waals surface area contributed by atoms with E-state index < -0.39 is 0 Å². The molecule has 0 radical (unpaired) electrons. The Morgan fingerprint density at radius 2 is 1.76 bits per heavy atom. The Morgan fingerprint density at radius 1 is 1.09 bits per heavy atom. The molecule has 5 nitrogen and oxygen atoms in total. The molecule has 1 aliphatic rings. The number of carbonyl (C=O) groups is 1. The van der Waals surface area contributed by atoms with Crippen LogP contribution in [0.3, 0.4) is 0 Å². The highest BCUT2D eigenvalue weighted by atomic mass is 16.2. The van der Waals surface area contributed by atoms with Crippen LogP contribution in [0.2, 0.25) is 0 Å². The highest BCUT2D eigenvalue weighted by Gasteiger charge is 2.30. The van der Waals surface area contributed by atoms with Crippen molar-refractivity contribution in [1.29, 1.82) is 5.26 Å². The number of anilines is 1. The van der Waals surface area contributed by atoms with Gasteiger partial charge in [-0.15, -0.1) is 0 Å². The number of aromatic nitrogens is 1. The van der Waals surface area contributed by atoms with Crippen molar-refractivity contribution in [3.63, 3.8) is 0 Å². The van der Waals surface area contributed by atoms with Gasteiger partial charge in [0.05, 0.1) is 6.42 Å². The molecular formula is C28H30N4O. The molecule has 1 aromatic heterocycles. The fraction of sp³-hybridized carbons (Fsp3) is 0.321. The van der Waals surface area contributed by atoms with Crippen molar-refractivity contribution in [1.82, 2.24) is 9.88 Å². The Balaban J connectivity index is 1.61. The topological polar surface area (TPSA) is 60.2 Å². The monoisotopic (exact) mass is 438 g/mol. The van der Waals surface area contributed by atoms with E-state index in [1.165, 1.54) is 0 Å². The quantitative estimate of drug-likeness (QED) is 0.561. The van der Waals surface area contributed by atoms with Gasteiger partial charge in [-0.2, -0.15) is 5.26 Å². The van der Waals surface area contributed by atoms with Gasteiger partial charge < -0.3 is 9.80 Å². The van der Waals surface area contributed by atoms with Crippen LogP contribution in [0, 0.1) is 11.3 Å². The number of hydrogen-bond acceptors (Lipinski definition) is 4. The molecule has 1 amide bonds. The summed E-state index contributed by atoms with van der Waals surface area (Å²) in [6.07, 6.45) is 0.411. The van der Waals surface area contributed by atoms with E-state index in [0.717, 1.165) is 28.2 Å². The van der Waals surface area contributed by atoms with E-state index in [-0.39, 0.29) is 17.9 Å². The average Bonchev–Trinajstić information content (AvgIpc) is 2.84. The third-order valence-corrected chi connectivity index (χ3v) is 6.25. The van der Waals surface area contributed by atoms with E-state index >= 15 is 0 Å². The van der Waals surface area contributed by atoms with Gasteiger partial charge >= 0.3 is 0 Å². The van der Waals surface area contributed by atoms with Gasteiger partial charge in [0.25, 0.3) is 0 Å². The molecule has 3 aromatic rings. The number of carbonyl (C=O) groups excluding carboxylic acids is 1. The van der Waals surface area contributed by atoms with Gasteiger partial charge in [-0.1, -0.05) is 74.5 Å². The summed E-state index contributed by atoms with van der Waals surface area (Å²) in [6, 6.07) is 24.4. The van der Waals surface area contributed by atoms with E-state index in [4.69, 9.17) is 4.98 Å². The first-order valence-corrected chi connectivity index (χ1v) is 11.6. The molecule has 0 unspecified atom stereocenters. The summed E-state index contributed by atoms with van der Waals surface area (Å²) in [5.41, 5.74) is 4.54. The molecular weight excluding hydrogens is 408 g/mol. The second-order valence-electron chi connectivity index (χ2n) is 8.97. The fourth-order valence-electron chi connectivity index (χ4n) is 4.42. The highest BCUT2D eigenvalue weighted by Crippen LogP contribution is 2.33. The van der Waals surface area contributed by atoms with Gasteiger partial charge in [0.1, 0.15) is 17.5 Å². The molecule has 2 aromatic carbocycles. The summed E-state index contributed by atoms with van der Waals surface area (Å²) in [6.45, 7) is 8.24. The van der Waals surface area contributed by atoms with E-state index in [1.807, 2.05) is 71.6 Å². The summed E-state index contributed by atoms with van der Waals surface area (Å²) in [7, 11) is 0. The van der Waals surface area contributed by atoms with Crippen molar-refractivity contribution in [2.24, 2.45) is 0 Å². The largest absolute Gasteiger partial charge is 0.352 e. The van der Waals surface area contributed by atoms with Gasteiger partial charge in [0.2, 0.25) is 5.91 Å². The van der Waals surface area contributed by atoms with Gasteiger partial charge in [0, 0.05) is 36.9 Å². The Morgan fingerprint density at radius 3 is 2.36 bits per heavy atom. The van der Waals surface area contributed by atoms with E-state index in [0.29, 0.717) is 31.6 Å². The predicted octanol–water partition coefficient (Wildman–Crippen LogP) is 5.02. The summed E-state index contributed by atoms with van der Waals surface area (Å²) in [4.78, 5) is 22.0. The lowest BCUT2D eigenvalue weighted by Gasteiger charge is -2.41. The minimum atomic E-state index is 0.0335. The molecule has 0 bridgehead atoms. The number of amides is 1. The molecule has 2 heterocycles. The van der Waals surface area contributed by atoms with E-state index in [1.54, 1.807) is 0 Å². The number of nitriles is 1. The molecule has 5 heteroatoms. The Bertz CT molecular complexity index is 1150. The van der Waals surface area contributed by atoms with Crippen LogP contribution in [0.4, 0.5) is 5.82 Å². The van der Waals surface area contributed by atoms with Crippen molar-refractivity contribution < 1.29 is 4.79 Å². The zero-order valence-corrected chi connectivity index (χ0v) is 19.5. The molecule has 1 fully saturated rings. The standard InChI is InChI=1S/C28H30N4O/c1-20(2)26-17-24(23-12-8-5-9-13-23)25(18-29)28(30-26)31-14-15-32(21(3)19-31)27(33)16-22-10-6-4-7-11-22/h4-13,17,20-21H,14-16,19H2,1-3H3/t21-/m0/s1. The van der Waals surface area contributed by atoms with Crippen molar-refractivity contribution in [2.45, 2.75) is 39.2 Å². The summed E-state index contributed by atoms with van der Waals surface area (Å²) in [5.74, 6) is 1.11. The number of piperazine rings is 1. The predicted molar refractivity (Wildman–Crippen MR) is 132 cm³/mol. The fourth-order valence-corrected chi connectivity index (χ4v) is 4.42. The lowest BCUT2D eigenvalue weighted by atomic mass is 9.97. The van der Waals surface area contributed by atoms with Crippen molar-refractivity contribution in [2.75, 3.05) is 24.5 Å². The zero-order chi connectivity index (χ0) is 23.4. The average molecular weight is 439 g/mol. The molecule has 0 aliphatic carbocycles. The maximum absolute atomic E-state index is 13.0. The van der Waals surface area contributed by atoms with E-state index in [9.17, 15) is 10.1 Å². The molecule has 0 saturated carbocycles. The molecule has 1 saturated heterocycles. The maximum Gasteiger partial charge on any atom is 0.227 e. The normalized spacial score (nSPS) is 16.0. The molecule has 0 N–H and O–H groups in total. The first-order valence-electron chi connectivity index (χ1n) is 11.6. The minimum absolute atomic E-state index is 0.0335. The molecule has 33 heavy (non-hydrogen) atoms. The summed E-state index contributed by atoms with van der Waals surface area (Å²) < 4.78 is 0. The highest BCUT2D eigenvalue weighted by molar-refractivity contribution is 5.80. The second-order valence-corrected chi connectivity index (χ2v) is 8.97. The zero-order valence-electron chi connectivity index (χ0n) is 19.5. The van der Waals surface area contributed by atoms with Crippen LogP contribution in [0.25, 0.3) is 11.1 Å². The lowest BCUT2D eigenvalue weighted by Crippen LogP contribution is -2.54. The van der Waals surface area contributed by atoms with Crippen LogP contribution in [-0.2, 0) is 11.2 Å². The number of rotatable bonds is 5. The van der Waals surface area contributed by atoms with Crippen LogP contribution in [0.1, 0.15) is 43.5 Å². The number of pyridine rings is 1. The van der Waals surface area contributed by atoms with Crippen LogP contribution in [0.5, 0.6) is 0 Å². The summed E-state index contributed by atoms with van der Waals surface area (Å²) in [5, 5.41) is 10.1. The van der Waals surface area contributed by atoms with Gasteiger partial charge in [-0.05, 0) is 30.0 Å². The van der Waals surface area contributed by atoms with Crippen LogP contribution in [0.15, 0.2) is 66.7 Å².